The maximum atomic E-state index is 13.1. The Balaban J connectivity index is 2.49. The summed E-state index contributed by atoms with van der Waals surface area (Å²) in [4.78, 5) is 12.1. The van der Waals surface area contributed by atoms with Crippen LogP contribution in [0, 0.1) is 15.9 Å². The van der Waals surface area contributed by atoms with E-state index in [9.17, 15) is 14.5 Å². The van der Waals surface area contributed by atoms with Gasteiger partial charge in [-0.25, -0.2) is 4.39 Å². The van der Waals surface area contributed by atoms with Crippen LogP contribution in [0.5, 0.6) is 0 Å². The highest BCUT2D eigenvalue weighted by Gasteiger charge is 2.09. The van der Waals surface area contributed by atoms with Crippen LogP contribution in [0.4, 0.5) is 10.1 Å². The van der Waals surface area contributed by atoms with Gasteiger partial charge in [-0.3, -0.25) is 10.1 Å². The molecular weight excluding hydrogens is 237 g/mol. The van der Waals surface area contributed by atoms with E-state index in [0.29, 0.717) is 12.1 Å². The van der Waals surface area contributed by atoms with Crippen LogP contribution in [-0.4, -0.2) is 36.5 Å². The molecule has 0 fully saturated rings. The van der Waals surface area contributed by atoms with Gasteiger partial charge in [-0.2, -0.15) is 0 Å². The minimum absolute atomic E-state index is 0.211. The van der Waals surface area contributed by atoms with Crippen molar-refractivity contribution in [3.63, 3.8) is 0 Å². The average Bonchev–Trinajstić information content (AvgIpc) is 2.33. The van der Waals surface area contributed by atoms with Crippen molar-refractivity contribution in [1.29, 1.82) is 0 Å². The van der Waals surface area contributed by atoms with Crippen LogP contribution in [0.15, 0.2) is 18.2 Å². The van der Waals surface area contributed by atoms with Gasteiger partial charge in [-0.05, 0) is 25.2 Å². The number of nitro benzene ring substituents is 1. The lowest BCUT2D eigenvalue weighted by Gasteiger charge is -2.13. The van der Waals surface area contributed by atoms with Gasteiger partial charge in [0, 0.05) is 25.7 Å². The Morgan fingerprint density at radius 2 is 2.17 bits per heavy atom. The zero-order valence-corrected chi connectivity index (χ0v) is 10.6. The van der Waals surface area contributed by atoms with Crippen molar-refractivity contribution >= 4 is 5.69 Å². The zero-order chi connectivity index (χ0) is 13.5. The van der Waals surface area contributed by atoms with E-state index in [1.165, 1.54) is 12.1 Å². The first-order chi connectivity index (χ1) is 8.52. The Hall–Kier alpha value is -1.53. The van der Waals surface area contributed by atoms with Crippen LogP contribution >= 0.6 is 0 Å². The van der Waals surface area contributed by atoms with Gasteiger partial charge in [0.2, 0.25) is 0 Å². The van der Waals surface area contributed by atoms with E-state index in [1.54, 1.807) is 0 Å². The molecule has 0 bridgehead atoms. The number of nitro groups is 1. The Morgan fingerprint density at radius 1 is 1.44 bits per heavy atom. The number of hydrogen-bond acceptors (Lipinski definition) is 4. The minimum atomic E-state index is -0.586. The average molecular weight is 255 g/mol. The number of nitrogens with one attached hydrogen (secondary N) is 1. The second-order valence-electron chi connectivity index (χ2n) is 4.15. The molecule has 1 N–H and O–H groups in total. The van der Waals surface area contributed by atoms with Crippen LogP contribution < -0.4 is 5.32 Å². The Bertz CT molecular complexity index is 412. The largest absolute Gasteiger partial charge is 0.311 e. The number of rotatable bonds is 7. The maximum Gasteiger partial charge on any atom is 0.272 e. The Kier molecular flexibility index (Phi) is 5.67. The normalized spacial score (nSPS) is 10.9. The number of hydrogen-bond donors (Lipinski definition) is 1. The molecule has 0 aliphatic carbocycles. The lowest BCUT2D eigenvalue weighted by Crippen LogP contribution is -2.28. The molecule has 0 aliphatic heterocycles. The number of likely N-dealkylation sites (N-methyl/N-ethyl adjacent to an activating group) is 1. The summed E-state index contributed by atoms with van der Waals surface area (Å²) in [6.07, 6.45) is 0. The molecule has 100 valence electrons. The smallest absolute Gasteiger partial charge is 0.272 e. The number of non-ortho nitro benzene ring substituents is 1. The summed E-state index contributed by atoms with van der Waals surface area (Å²) in [6.45, 7) is 5.10. The summed E-state index contributed by atoms with van der Waals surface area (Å²) in [5.74, 6) is -0.577. The third kappa shape index (κ3) is 4.77. The molecule has 0 saturated carbocycles. The topological polar surface area (TPSA) is 58.4 Å². The first-order valence-electron chi connectivity index (χ1n) is 5.86. The molecular formula is C12H18FN3O2. The minimum Gasteiger partial charge on any atom is -0.311 e. The summed E-state index contributed by atoms with van der Waals surface area (Å²) >= 11 is 0. The van der Waals surface area contributed by atoms with E-state index < -0.39 is 10.7 Å². The third-order valence-corrected chi connectivity index (χ3v) is 2.69. The second kappa shape index (κ2) is 7.03. The van der Waals surface area contributed by atoms with E-state index in [0.717, 1.165) is 25.7 Å². The fourth-order valence-corrected chi connectivity index (χ4v) is 1.50. The van der Waals surface area contributed by atoms with Crippen molar-refractivity contribution in [2.24, 2.45) is 0 Å². The molecule has 18 heavy (non-hydrogen) atoms. The molecule has 0 radical (unpaired) electrons. The lowest BCUT2D eigenvalue weighted by atomic mass is 10.2. The maximum absolute atomic E-state index is 13.1. The van der Waals surface area contributed by atoms with Crippen molar-refractivity contribution in [2.75, 3.05) is 26.7 Å². The van der Waals surface area contributed by atoms with Crippen LogP contribution in [0.1, 0.15) is 12.5 Å². The Labute approximate surface area is 106 Å². The fraction of sp³-hybridized carbons (Fsp3) is 0.500. The number of halogens is 1. The van der Waals surface area contributed by atoms with Crippen molar-refractivity contribution in [2.45, 2.75) is 13.5 Å². The van der Waals surface area contributed by atoms with Gasteiger partial charge in [0.15, 0.2) is 0 Å². The van der Waals surface area contributed by atoms with E-state index in [1.807, 2.05) is 7.05 Å². The second-order valence-corrected chi connectivity index (χ2v) is 4.15. The highest BCUT2D eigenvalue weighted by molar-refractivity contribution is 5.35. The predicted molar refractivity (Wildman–Crippen MR) is 67.9 cm³/mol. The fourth-order valence-electron chi connectivity index (χ4n) is 1.50. The standard InChI is InChI=1S/C12H18FN3O2/c1-3-15(2)5-4-14-9-10-6-11(13)8-12(7-10)16(17)18/h6-8,14H,3-5,9H2,1-2H3. The number of benzene rings is 1. The molecule has 0 saturated heterocycles. The van der Waals surface area contributed by atoms with Crippen molar-refractivity contribution in [3.05, 3.63) is 39.7 Å². The van der Waals surface area contributed by atoms with E-state index >= 15 is 0 Å². The summed E-state index contributed by atoms with van der Waals surface area (Å²) in [6, 6.07) is 3.62. The molecule has 0 atom stereocenters. The quantitative estimate of drug-likeness (QED) is 0.458. The first kappa shape index (κ1) is 14.5. The molecule has 1 aromatic rings. The lowest BCUT2D eigenvalue weighted by molar-refractivity contribution is -0.385. The van der Waals surface area contributed by atoms with Crippen molar-refractivity contribution in [1.82, 2.24) is 10.2 Å². The molecule has 0 aliphatic rings. The molecule has 0 aromatic heterocycles. The molecule has 5 nitrogen and oxygen atoms in total. The summed E-state index contributed by atoms with van der Waals surface area (Å²) in [5, 5.41) is 13.7. The molecule has 1 rings (SSSR count). The SMILES string of the molecule is CCN(C)CCNCc1cc(F)cc([N+](=O)[O-])c1. The van der Waals surface area contributed by atoms with Gasteiger partial charge in [-0.15, -0.1) is 0 Å². The van der Waals surface area contributed by atoms with Gasteiger partial charge in [-0.1, -0.05) is 6.92 Å². The number of nitrogens with zero attached hydrogens (tertiary/aromatic N) is 2. The molecule has 0 heterocycles. The van der Waals surface area contributed by atoms with Gasteiger partial charge < -0.3 is 10.2 Å². The highest BCUT2D eigenvalue weighted by Crippen LogP contribution is 2.15. The summed E-state index contributed by atoms with van der Waals surface area (Å²) in [7, 11) is 2.01. The van der Waals surface area contributed by atoms with Gasteiger partial charge in [0.25, 0.3) is 5.69 Å². The monoisotopic (exact) mass is 255 g/mol. The molecule has 1 aromatic carbocycles. The molecule has 0 amide bonds. The van der Waals surface area contributed by atoms with Crippen molar-refractivity contribution in [3.8, 4) is 0 Å². The predicted octanol–water partition coefficient (Wildman–Crippen LogP) is 1.78. The van der Waals surface area contributed by atoms with Gasteiger partial charge in [0.05, 0.1) is 11.0 Å². The van der Waals surface area contributed by atoms with Crippen LogP contribution in [-0.2, 0) is 6.54 Å². The molecule has 0 spiro atoms. The van der Waals surface area contributed by atoms with E-state index in [2.05, 4.69) is 17.1 Å². The summed E-state index contributed by atoms with van der Waals surface area (Å²) < 4.78 is 13.1. The third-order valence-electron chi connectivity index (χ3n) is 2.69. The van der Waals surface area contributed by atoms with E-state index in [-0.39, 0.29) is 5.69 Å². The van der Waals surface area contributed by atoms with Gasteiger partial charge >= 0.3 is 0 Å². The van der Waals surface area contributed by atoms with Crippen LogP contribution in [0.3, 0.4) is 0 Å². The molecule has 6 heteroatoms. The van der Waals surface area contributed by atoms with Crippen LogP contribution in [0.25, 0.3) is 0 Å². The first-order valence-corrected chi connectivity index (χ1v) is 5.86. The zero-order valence-electron chi connectivity index (χ0n) is 10.6. The molecule has 0 unspecified atom stereocenters. The van der Waals surface area contributed by atoms with Crippen molar-refractivity contribution < 1.29 is 9.31 Å². The summed E-state index contributed by atoms with van der Waals surface area (Å²) in [5.41, 5.74) is 0.373. The van der Waals surface area contributed by atoms with Gasteiger partial charge in [0.1, 0.15) is 5.82 Å². The van der Waals surface area contributed by atoms with Crippen LogP contribution in [0.2, 0.25) is 0 Å². The van der Waals surface area contributed by atoms with E-state index in [4.69, 9.17) is 0 Å². The highest BCUT2D eigenvalue weighted by atomic mass is 19.1. The Morgan fingerprint density at radius 3 is 2.78 bits per heavy atom.